The number of hydrogen-bond donors (Lipinski definition) is 2. The van der Waals surface area contributed by atoms with E-state index < -0.39 is 0 Å². The summed E-state index contributed by atoms with van der Waals surface area (Å²) in [5, 5.41) is 5.19. The average molecular weight is 221 g/mol. The maximum Gasteiger partial charge on any atom is 0.239 e. The van der Waals surface area contributed by atoms with E-state index in [-0.39, 0.29) is 18.4 Å². The van der Waals surface area contributed by atoms with Gasteiger partial charge in [-0.3, -0.25) is 14.6 Å². The number of carbonyl (C=O) groups excluding carboxylic acids is 2. The predicted molar refractivity (Wildman–Crippen MR) is 59.4 cm³/mol. The molecule has 1 heterocycles. The van der Waals surface area contributed by atoms with E-state index in [1.54, 1.807) is 25.4 Å². The van der Waals surface area contributed by atoms with Crippen LogP contribution in [0.15, 0.2) is 24.5 Å². The largest absolute Gasteiger partial charge is 0.350 e. The highest BCUT2D eigenvalue weighted by atomic mass is 16.2. The van der Waals surface area contributed by atoms with E-state index in [1.165, 1.54) is 0 Å². The Morgan fingerprint density at radius 1 is 1.31 bits per heavy atom. The summed E-state index contributed by atoms with van der Waals surface area (Å²) >= 11 is 0. The Hall–Kier alpha value is -1.91. The molecule has 0 unspecified atom stereocenters. The van der Waals surface area contributed by atoms with Gasteiger partial charge in [0.1, 0.15) is 0 Å². The molecule has 0 aliphatic rings. The van der Waals surface area contributed by atoms with Crippen molar-refractivity contribution in [1.82, 2.24) is 15.6 Å². The first-order valence-corrected chi connectivity index (χ1v) is 5.14. The fourth-order valence-corrected chi connectivity index (χ4v) is 1.07. The van der Waals surface area contributed by atoms with Crippen LogP contribution in [-0.2, 0) is 16.1 Å². The van der Waals surface area contributed by atoms with E-state index in [2.05, 4.69) is 15.6 Å². The molecule has 0 spiro atoms. The first-order chi connectivity index (χ1) is 7.72. The molecule has 5 heteroatoms. The van der Waals surface area contributed by atoms with E-state index in [9.17, 15) is 9.59 Å². The van der Waals surface area contributed by atoms with Gasteiger partial charge in [0.05, 0.1) is 6.54 Å². The molecule has 16 heavy (non-hydrogen) atoms. The first kappa shape index (κ1) is 12.2. The highest BCUT2D eigenvalue weighted by Gasteiger charge is 2.02. The summed E-state index contributed by atoms with van der Waals surface area (Å²) in [5.74, 6) is -0.331. The van der Waals surface area contributed by atoms with Crippen molar-refractivity contribution in [3.05, 3.63) is 30.1 Å². The van der Waals surface area contributed by atoms with Crippen LogP contribution < -0.4 is 10.6 Å². The van der Waals surface area contributed by atoms with Crippen LogP contribution in [0.1, 0.15) is 18.9 Å². The van der Waals surface area contributed by atoms with Gasteiger partial charge in [0.2, 0.25) is 11.8 Å². The zero-order valence-corrected chi connectivity index (χ0v) is 9.19. The maximum absolute atomic E-state index is 11.3. The lowest BCUT2D eigenvalue weighted by Gasteiger charge is -2.05. The zero-order valence-electron chi connectivity index (χ0n) is 9.19. The van der Waals surface area contributed by atoms with Crippen molar-refractivity contribution in [2.24, 2.45) is 0 Å². The molecule has 1 aromatic rings. The molecular formula is C11H15N3O2. The van der Waals surface area contributed by atoms with Gasteiger partial charge in [0, 0.05) is 25.4 Å². The highest BCUT2D eigenvalue weighted by Crippen LogP contribution is 1.93. The van der Waals surface area contributed by atoms with Crippen LogP contribution in [0, 0.1) is 0 Å². The third kappa shape index (κ3) is 4.54. The van der Waals surface area contributed by atoms with Crippen LogP contribution in [0.25, 0.3) is 0 Å². The molecule has 0 aliphatic heterocycles. The van der Waals surface area contributed by atoms with E-state index in [1.807, 2.05) is 6.07 Å². The summed E-state index contributed by atoms with van der Waals surface area (Å²) in [6, 6.07) is 3.68. The topological polar surface area (TPSA) is 71.1 Å². The van der Waals surface area contributed by atoms with Crippen LogP contribution in [0.5, 0.6) is 0 Å². The van der Waals surface area contributed by atoms with Crippen LogP contribution >= 0.6 is 0 Å². The number of carbonyl (C=O) groups is 2. The van der Waals surface area contributed by atoms with Crippen molar-refractivity contribution >= 4 is 11.8 Å². The highest BCUT2D eigenvalue weighted by molar-refractivity contribution is 5.84. The van der Waals surface area contributed by atoms with Crippen LogP contribution in [0.2, 0.25) is 0 Å². The SMILES string of the molecule is CCC(=O)NCC(=O)NCc1cccnc1. The molecule has 5 nitrogen and oxygen atoms in total. The van der Waals surface area contributed by atoms with E-state index in [0.717, 1.165) is 5.56 Å². The van der Waals surface area contributed by atoms with Crippen LogP contribution in [0.3, 0.4) is 0 Å². The number of nitrogens with one attached hydrogen (secondary N) is 2. The average Bonchev–Trinajstić information content (AvgIpc) is 2.34. The Bertz CT molecular complexity index is 352. The van der Waals surface area contributed by atoms with Gasteiger partial charge >= 0.3 is 0 Å². The van der Waals surface area contributed by atoms with Crippen molar-refractivity contribution in [2.45, 2.75) is 19.9 Å². The van der Waals surface area contributed by atoms with Gasteiger partial charge in [-0.25, -0.2) is 0 Å². The van der Waals surface area contributed by atoms with E-state index >= 15 is 0 Å². The molecule has 1 rings (SSSR count). The lowest BCUT2D eigenvalue weighted by atomic mass is 10.3. The summed E-state index contributed by atoms with van der Waals surface area (Å²) in [5.41, 5.74) is 0.928. The summed E-state index contributed by atoms with van der Waals surface area (Å²) in [6.07, 6.45) is 3.74. The second-order valence-electron chi connectivity index (χ2n) is 3.27. The molecule has 0 aliphatic carbocycles. The second-order valence-corrected chi connectivity index (χ2v) is 3.27. The molecular weight excluding hydrogens is 206 g/mol. The summed E-state index contributed by atoms with van der Waals surface area (Å²) in [6.45, 7) is 2.19. The molecule has 1 aromatic heterocycles. The quantitative estimate of drug-likeness (QED) is 0.747. The van der Waals surface area contributed by atoms with Crippen molar-refractivity contribution in [1.29, 1.82) is 0 Å². The Morgan fingerprint density at radius 2 is 2.12 bits per heavy atom. The van der Waals surface area contributed by atoms with E-state index in [4.69, 9.17) is 0 Å². The fraction of sp³-hybridized carbons (Fsp3) is 0.364. The Kier molecular flexibility index (Phi) is 4.98. The molecule has 0 saturated carbocycles. The third-order valence-electron chi connectivity index (χ3n) is 1.98. The minimum atomic E-state index is -0.203. The predicted octanol–water partition coefficient (Wildman–Crippen LogP) is 0.224. The Labute approximate surface area is 94.3 Å². The summed E-state index contributed by atoms with van der Waals surface area (Å²) in [7, 11) is 0. The monoisotopic (exact) mass is 221 g/mol. The lowest BCUT2D eigenvalue weighted by molar-refractivity contribution is -0.126. The van der Waals surface area contributed by atoms with Gasteiger partial charge in [-0.05, 0) is 11.6 Å². The molecule has 86 valence electrons. The van der Waals surface area contributed by atoms with Crippen molar-refractivity contribution in [3.63, 3.8) is 0 Å². The molecule has 0 atom stereocenters. The van der Waals surface area contributed by atoms with Crippen LogP contribution in [-0.4, -0.2) is 23.3 Å². The molecule has 2 N–H and O–H groups in total. The second kappa shape index (κ2) is 6.55. The first-order valence-electron chi connectivity index (χ1n) is 5.14. The van der Waals surface area contributed by atoms with Gasteiger partial charge in [-0.1, -0.05) is 13.0 Å². The Morgan fingerprint density at radius 3 is 2.75 bits per heavy atom. The van der Waals surface area contributed by atoms with Gasteiger partial charge in [0.15, 0.2) is 0 Å². The molecule has 2 amide bonds. The molecule has 0 bridgehead atoms. The number of rotatable bonds is 5. The number of pyridine rings is 1. The Balaban J connectivity index is 2.23. The third-order valence-corrected chi connectivity index (χ3v) is 1.98. The lowest BCUT2D eigenvalue weighted by Crippen LogP contribution is -2.36. The van der Waals surface area contributed by atoms with Gasteiger partial charge in [0.25, 0.3) is 0 Å². The van der Waals surface area contributed by atoms with Gasteiger partial charge < -0.3 is 10.6 Å². The summed E-state index contributed by atoms with van der Waals surface area (Å²) in [4.78, 5) is 26.1. The van der Waals surface area contributed by atoms with Gasteiger partial charge in [-0.2, -0.15) is 0 Å². The van der Waals surface area contributed by atoms with E-state index in [0.29, 0.717) is 13.0 Å². The standard InChI is InChI=1S/C11H15N3O2/c1-2-10(15)14-8-11(16)13-7-9-4-3-5-12-6-9/h3-6H,2,7-8H2,1H3,(H,13,16)(H,14,15). The maximum atomic E-state index is 11.3. The smallest absolute Gasteiger partial charge is 0.239 e. The van der Waals surface area contributed by atoms with Crippen molar-refractivity contribution in [2.75, 3.05) is 6.54 Å². The number of aromatic nitrogens is 1. The number of amides is 2. The number of hydrogen-bond acceptors (Lipinski definition) is 3. The fourth-order valence-electron chi connectivity index (χ4n) is 1.07. The molecule has 0 saturated heterocycles. The zero-order chi connectivity index (χ0) is 11.8. The van der Waals surface area contributed by atoms with Crippen LogP contribution in [0.4, 0.5) is 0 Å². The van der Waals surface area contributed by atoms with Crippen molar-refractivity contribution in [3.8, 4) is 0 Å². The molecule has 0 radical (unpaired) electrons. The summed E-state index contributed by atoms with van der Waals surface area (Å²) < 4.78 is 0. The molecule has 0 aromatic carbocycles. The normalized spacial score (nSPS) is 9.56. The van der Waals surface area contributed by atoms with Crippen molar-refractivity contribution < 1.29 is 9.59 Å². The minimum absolute atomic E-state index is 0.0208. The minimum Gasteiger partial charge on any atom is -0.350 e. The number of nitrogens with zero attached hydrogens (tertiary/aromatic N) is 1. The molecule has 0 fully saturated rings. The van der Waals surface area contributed by atoms with Gasteiger partial charge in [-0.15, -0.1) is 0 Å².